The molecule has 7 nitrogen and oxygen atoms in total. The third kappa shape index (κ3) is 3.35. The second-order valence-corrected chi connectivity index (χ2v) is 6.30. The second kappa shape index (κ2) is 7.37. The molecule has 0 saturated carbocycles. The minimum atomic E-state index is -0.818. The smallest absolute Gasteiger partial charge is 0.342 e. The van der Waals surface area contributed by atoms with E-state index in [1.165, 1.54) is 6.07 Å². The molecular formula is C22H15N3O4. The highest BCUT2D eigenvalue weighted by atomic mass is 16.5. The summed E-state index contributed by atoms with van der Waals surface area (Å²) < 4.78 is 5.10. The fraction of sp³-hybridized carbons (Fsp3) is 0.0455. The number of H-pyrrole nitrogens is 1. The summed E-state index contributed by atoms with van der Waals surface area (Å²) in [4.78, 5) is 19.6. The number of aromatic amines is 1. The molecule has 0 spiro atoms. The molecule has 7 heteroatoms. The lowest BCUT2D eigenvalue weighted by atomic mass is 10.1. The number of carbonyl (C=O) groups excluding carboxylic acids is 1. The average Bonchev–Trinajstić information content (AvgIpc) is 3.16. The molecule has 142 valence electrons. The number of phenolic OH excluding ortho intramolecular Hbond substituents is 1. The highest BCUT2D eigenvalue weighted by Gasteiger charge is 2.18. The molecule has 0 unspecified atom stereocenters. The number of carbonyl (C=O) groups is 1. The van der Waals surface area contributed by atoms with Gasteiger partial charge in [0.15, 0.2) is 11.6 Å². The molecular weight excluding hydrogens is 370 g/mol. The maximum atomic E-state index is 12.4. The van der Waals surface area contributed by atoms with Crippen LogP contribution in [0.1, 0.15) is 16.2 Å². The van der Waals surface area contributed by atoms with Crippen LogP contribution in [-0.4, -0.2) is 32.8 Å². The zero-order valence-electron chi connectivity index (χ0n) is 15.1. The number of aromatic hydroxyl groups is 1. The van der Waals surface area contributed by atoms with Crippen molar-refractivity contribution in [1.29, 1.82) is 5.26 Å². The van der Waals surface area contributed by atoms with Gasteiger partial charge in [0, 0.05) is 5.39 Å². The summed E-state index contributed by atoms with van der Waals surface area (Å²) in [6.07, 6.45) is 0. The topological polar surface area (TPSA) is 119 Å². The Balaban J connectivity index is 1.58. The molecule has 0 saturated heterocycles. The van der Waals surface area contributed by atoms with E-state index in [1.54, 1.807) is 36.4 Å². The van der Waals surface area contributed by atoms with Gasteiger partial charge in [0.1, 0.15) is 29.6 Å². The predicted molar refractivity (Wildman–Crippen MR) is 107 cm³/mol. The van der Waals surface area contributed by atoms with Crippen LogP contribution in [0.3, 0.4) is 0 Å². The van der Waals surface area contributed by atoms with Crippen LogP contribution in [0.5, 0.6) is 5.75 Å². The van der Waals surface area contributed by atoms with Gasteiger partial charge in [-0.05, 0) is 23.6 Å². The van der Waals surface area contributed by atoms with Gasteiger partial charge in [-0.15, -0.1) is 0 Å². The summed E-state index contributed by atoms with van der Waals surface area (Å²) in [7, 11) is 0. The number of imidazole rings is 1. The first-order valence-electron chi connectivity index (χ1n) is 8.73. The van der Waals surface area contributed by atoms with Crippen LogP contribution in [0.2, 0.25) is 0 Å². The normalized spacial score (nSPS) is 11.8. The molecule has 0 amide bonds. The van der Waals surface area contributed by atoms with Crippen molar-refractivity contribution in [3.8, 4) is 11.8 Å². The van der Waals surface area contributed by atoms with Gasteiger partial charge in [0.05, 0.1) is 11.0 Å². The van der Waals surface area contributed by atoms with Crippen LogP contribution in [0.4, 0.5) is 0 Å². The van der Waals surface area contributed by atoms with Crippen molar-refractivity contribution in [2.24, 2.45) is 0 Å². The zero-order chi connectivity index (χ0) is 20.4. The fourth-order valence-electron chi connectivity index (χ4n) is 3.03. The molecule has 3 aromatic carbocycles. The first-order chi connectivity index (χ1) is 14.1. The predicted octanol–water partition coefficient (Wildman–Crippen LogP) is 4.07. The van der Waals surface area contributed by atoms with Crippen LogP contribution >= 0.6 is 0 Å². The third-order valence-electron chi connectivity index (χ3n) is 4.49. The number of phenols is 1. The number of benzene rings is 3. The molecule has 0 fully saturated rings. The van der Waals surface area contributed by atoms with Crippen molar-refractivity contribution in [3.05, 3.63) is 77.8 Å². The molecule has 1 heterocycles. The highest BCUT2D eigenvalue weighted by molar-refractivity contribution is 6.01. The van der Waals surface area contributed by atoms with Crippen molar-refractivity contribution in [2.45, 2.75) is 0 Å². The monoisotopic (exact) mass is 385 g/mol. The van der Waals surface area contributed by atoms with Crippen molar-refractivity contribution in [2.75, 3.05) is 6.61 Å². The molecule has 4 rings (SSSR count). The molecule has 0 aliphatic carbocycles. The Morgan fingerprint density at radius 2 is 1.86 bits per heavy atom. The molecule has 0 aliphatic rings. The van der Waals surface area contributed by atoms with Gasteiger partial charge in [-0.1, -0.05) is 42.5 Å². The number of esters is 1. The van der Waals surface area contributed by atoms with E-state index in [0.717, 1.165) is 5.39 Å². The zero-order valence-corrected chi connectivity index (χ0v) is 15.1. The van der Waals surface area contributed by atoms with E-state index in [-0.39, 0.29) is 22.7 Å². The van der Waals surface area contributed by atoms with E-state index < -0.39 is 18.3 Å². The van der Waals surface area contributed by atoms with Crippen LogP contribution in [0.25, 0.3) is 27.4 Å². The maximum Gasteiger partial charge on any atom is 0.342 e. The van der Waals surface area contributed by atoms with Gasteiger partial charge < -0.3 is 19.9 Å². The Labute approximate surface area is 165 Å². The summed E-state index contributed by atoms with van der Waals surface area (Å²) >= 11 is 0. The number of nitrogens with one attached hydrogen (secondary N) is 1. The van der Waals surface area contributed by atoms with E-state index in [0.29, 0.717) is 16.4 Å². The van der Waals surface area contributed by atoms with E-state index in [9.17, 15) is 20.3 Å². The average molecular weight is 385 g/mol. The quantitative estimate of drug-likeness (QED) is 0.277. The molecule has 0 bridgehead atoms. The van der Waals surface area contributed by atoms with Crippen LogP contribution in [0.15, 0.2) is 66.4 Å². The summed E-state index contributed by atoms with van der Waals surface area (Å²) in [5, 5.41) is 31.3. The van der Waals surface area contributed by atoms with Gasteiger partial charge in [0.2, 0.25) is 0 Å². The van der Waals surface area contributed by atoms with Gasteiger partial charge >= 0.3 is 5.97 Å². The summed E-state index contributed by atoms with van der Waals surface area (Å²) in [6.45, 7) is -0.537. The van der Waals surface area contributed by atoms with E-state index in [2.05, 4.69) is 9.97 Å². The number of aliphatic hydroxyl groups excluding tert-OH is 1. The van der Waals surface area contributed by atoms with E-state index in [4.69, 9.17) is 4.74 Å². The van der Waals surface area contributed by atoms with Crippen molar-refractivity contribution >= 4 is 33.3 Å². The summed E-state index contributed by atoms with van der Waals surface area (Å²) in [6, 6.07) is 19.3. The van der Waals surface area contributed by atoms with Crippen molar-refractivity contribution in [3.63, 3.8) is 0 Å². The molecule has 3 N–H and O–H groups in total. The molecule has 0 aliphatic heterocycles. The van der Waals surface area contributed by atoms with Crippen LogP contribution in [-0.2, 0) is 4.74 Å². The van der Waals surface area contributed by atoms with Gasteiger partial charge in [0.25, 0.3) is 0 Å². The lowest BCUT2D eigenvalue weighted by molar-refractivity contribution is 0.0500. The number of nitriles is 1. The Hall–Kier alpha value is -4.31. The fourth-order valence-corrected chi connectivity index (χ4v) is 3.03. The standard InChI is InChI=1S/C22H15N3O4/c23-11-16(21-24-17-7-3-4-8-18(17)25-21)19(26)12-29-22(28)15-10-9-13-5-1-2-6-14(13)20(15)27/h1-10,26-27H,12H2,(H,24,25)/b19-16-. The minimum Gasteiger partial charge on any atom is -0.507 e. The first kappa shape index (κ1) is 18.1. The molecule has 29 heavy (non-hydrogen) atoms. The molecule has 1 aromatic heterocycles. The van der Waals surface area contributed by atoms with Gasteiger partial charge in [-0.2, -0.15) is 5.26 Å². The number of hydrogen-bond donors (Lipinski definition) is 3. The molecule has 0 atom stereocenters. The Morgan fingerprint density at radius 1 is 1.10 bits per heavy atom. The number of allylic oxidation sites excluding steroid dienone is 1. The number of hydrogen-bond acceptors (Lipinski definition) is 6. The lowest BCUT2D eigenvalue weighted by Crippen LogP contribution is -2.09. The maximum absolute atomic E-state index is 12.4. The van der Waals surface area contributed by atoms with Crippen LogP contribution < -0.4 is 0 Å². The van der Waals surface area contributed by atoms with Gasteiger partial charge in [-0.25, -0.2) is 9.78 Å². The highest BCUT2D eigenvalue weighted by Crippen LogP contribution is 2.29. The minimum absolute atomic E-state index is 0.0289. The number of nitrogens with zero attached hydrogens (tertiary/aromatic N) is 2. The number of para-hydroxylation sites is 2. The SMILES string of the molecule is N#C/C(=C(/O)COC(=O)c1ccc2ccccc2c1O)c1nc2ccccc2[nH]1. The second-order valence-electron chi connectivity index (χ2n) is 6.30. The summed E-state index contributed by atoms with van der Waals surface area (Å²) in [5.74, 6) is -1.29. The largest absolute Gasteiger partial charge is 0.507 e. The van der Waals surface area contributed by atoms with Crippen molar-refractivity contribution in [1.82, 2.24) is 9.97 Å². The van der Waals surface area contributed by atoms with E-state index >= 15 is 0 Å². The first-order valence-corrected chi connectivity index (χ1v) is 8.73. The number of rotatable bonds is 4. The Kier molecular flexibility index (Phi) is 4.59. The Bertz CT molecular complexity index is 1280. The third-order valence-corrected chi connectivity index (χ3v) is 4.49. The number of ether oxygens (including phenoxy) is 1. The number of fused-ring (bicyclic) bond motifs is 2. The lowest BCUT2D eigenvalue weighted by Gasteiger charge is -2.09. The summed E-state index contributed by atoms with van der Waals surface area (Å²) in [5.41, 5.74) is 1.19. The van der Waals surface area contributed by atoms with Gasteiger partial charge in [-0.3, -0.25) is 0 Å². The molecule has 4 aromatic rings. The van der Waals surface area contributed by atoms with E-state index in [1.807, 2.05) is 24.3 Å². The number of aromatic nitrogens is 2. The van der Waals surface area contributed by atoms with Crippen LogP contribution in [0, 0.1) is 11.3 Å². The number of aliphatic hydroxyl groups is 1. The Morgan fingerprint density at radius 3 is 2.66 bits per heavy atom. The molecule has 0 radical (unpaired) electrons. The van der Waals surface area contributed by atoms with Crippen molar-refractivity contribution < 1.29 is 19.7 Å².